The number of thiophene rings is 1. The second-order valence-electron chi connectivity index (χ2n) is 7.05. The number of hydrogen-bond acceptors (Lipinski definition) is 5. The van der Waals surface area contributed by atoms with Gasteiger partial charge in [-0.3, -0.25) is 0 Å². The number of nitrogens with zero attached hydrogens (tertiary/aromatic N) is 1. The fraction of sp³-hybridized carbons (Fsp3) is 0.125. The maximum absolute atomic E-state index is 10.6. The highest BCUT2D eigenvalue weighted by atomic mass is 32.1. The molecule has 0 amide bonds. The highest BCUT2D eigenvalue weighted by Gasteiger charge is 2.21. The van der Waals surface area contributed by atoms with Crippen molar-refractivity contribution in [3.8, 4) is 21.5 Å². The summed E-state index contributed by atoms with van der Waals surface area (Å²) in [5.74, 6) is 1.04. The number of methoxy groups -OCH3 is 1. The predicted octanol–water partition coefficient (Wildman–Crippen LogP) is 7.04. The molecule has 5 heteroatoms. The number of aromatic hydroxyl groups is 1. The molecule has 1 N–H and O–H groups in total. The summed E-state index contributed by atoms with van der Waals surface area (Å²) in [6.07, 6.45) is 0. The zero-order valence-electron chi connectivity index (χ0n) is 16.0. The van der Waals surface area contributed by atoms with Crippen molar-refractivity contribution in [2.45, 2.75) is 12.8 Å². The van der Waals surface area contributed by atoms with Crippen LogP contribution in [0.2, 0.25) is 0 Å². The Morgan fingerprint density at radius 2 is 1.76 bits per heavy atom. The van der Waals surface area contributed by atoms with Gasteiger partial charge in [0.25, 0.3) is 0 Å². The topological polar surface area (TPSA) is 42.4 Å². The van der Waals surface area contributed by atoms with E-state index in [1.54, 1.807) is 29.8 Å². The summed E-state index contributed by atoms with van der Waals surface area (Å²) < 4.78 is 5.32. The number of rotatable bonds is 4. The Balaban J connectivity index is 1.53. The third-order valence-corrected chi connectivity index (χ3v) is 7.70. The third kappa shape index (κ3) is 3.16. The summed E-state index contributed by atoms with van der Waals surface area (Å²) in [7, 11) is 1.68. The number of fused-ring (bicyclic) bond motifs is 2. The molecule has 0 saturated carbocycles. The van der Waals surface area contributed by atoms with Crippen molar-refractivity contribution in [1.29, 1.82) is 0 Å². The Hall–Kier alpha value is -2.89. The van der Waals surface area contributed by atoms with Crippen LogP contribution in [0.1, 0.15) is 23.3 Å². The van der Waals surface area contributed by atoms with Crippen molar-refractivity contribution in [2.24, 2.45) is 0 Å². The Labute approximate surface area is 176 Å². The quantitative estimate of drug-likeness (QED) is 0.341. The van der Waals surface area contributed by atoms with Crippen molar-refractivity contribution in [1.82, 2.24) is 4.98 Å². The molecule has 0 fully saturated rings. The normalized spacial score (nSPS) is 12.5. The van der Waals surface area contributed by atoms with Gasteiger partial charge in [-0.2, -0.15) is 0 Å². The molecule has 0 aliphatic rings. The van der Waals surface area contributed by atoms with Crippen LogP contribution in [0.5, 0.6) is 11.6 Å². The minimum absolute atomic E-state index is 0.0546. The highest BCUT2D eigenvalue weighted by Crippen LogP contribution is 2.43. The molecule has 0 spiro atoms. The van der Waals surface area contributed by atoms with Crippen molar-refractivity contribution >= 4 is 44.2 Å². The maximum Gasteiger partial charge on any atom is 0.226 e. The van der Waals surface area contributed by atoms with Gasteiger partial charge in [0.15, 0.2) is 0 Å². The van der Waals surface area contributed by atoms with Crippen LogP contribution in [0, 0.1) is 0 Å². The first-order chi connectivity index (χ1) is 14.1. The van der Waals surface area contributed by atoms with Gasteiger partial charge in [0.2, 0.25) is 5.88 Å². The Morgan fingerprint density at radius 3 is 2.62 bits per heavy atom. The molecule has 2 aromatic heterocycles. The number of hydrogen-bond donors (Lipinski definition) is 1. The minimum atomic E-state index is 0.0546. The second kappa shape index (κ2) is 7.17. The van der Waals surface area contributed by atoms with Gasteiger partial charge < -0.3 is 9.84 Å². The Kier molecular flexibility index (Phi) is 4.49. The van der Waals surface area contributed by atoms with Crippen molar-refractivity contribution in [3.05, 3.63) is 76.5 Å². The third-order valence-electron chi connectivity index (χ3n) is 5.30. The summed E-state index contributed by atoms with van der Waals surface area (Å²) in [6, 6.07) is 20.8. The van der Waals surface area contributed by atoms with Crippen LogP contribution in [-0.2, 0) is 0 Å². The summed E-state index contributed by atoms with van der Waals surface area (Å²) in [6.45, 7) is 2.12. The van der Waals surface area contributed by atoms with E-state index in [0.29, 0.717) is 0 Å². The second-order valence-corrected chi connectivity index (χ2v) is 8.96. The Bertz CT molecular complexity index is 1340. The average Bonchev–Trinajstić information content (AvgIpc) is 3.35. The lowest BCUT2D eigenvalue weighted by Gasteiger charge is -2.11. The van der Waals surface area contributed by atoms with E-state index < -0.39 is 0 Å². The number of aromatic nitrogens is 1. The van der Waals surface area contributed by atoms with E-state index in [1.807, 2.05) is 24.3 Å². The van der Waals surface area contributed by atoms with E-state index in [0.717, 1.165) is 36.8 Å². The van der Waals surface area contributed by atoms with Gasteiger partial charge in [0, 0.05) is 11.3 Å². The molecule has 0 radical (unpaired) electrons. The van der Waals surface area contributed by atoms with Crippen LogP contribution in [0.3, 0.4) is 0 Å². The molecule has 2 heterocycles. The maximum atomic E-state index is 10.6. The van der Waals surface area contributed by atoms with Gasteiger partial charge in [-0.25, -0.2) is 4.98 Å². The van der Waals surface area contributed by atoms with Crippen molar-refractivity contribution in [2.75, 3.05) is 7.11 Å². The molecule has 29 heavy (non-hydrogen) atoms. The van der Waals surface area contributed by atoms with Crippen molar-refractivity contribution in [3.63, 3.8) is 0 Å². The fourth-order valence-electron chi connectivity index (χ4n) is 3.65. The van der Waals surface area contributed by atoms with E-state index in [2.05, 4.69) is 53.7 Å². The van der Waals surface area contributed by atoms with Gasteiger partial charge in [0.05, 0.1) is 16.9 Å². The van der Waals surface area contributed by atoms with E-state index in [1.165, 1.54) is 10.8 Å². The molecular formula is C24H19NO2S2. The van der Waals surface area contributed by atoms with E-state index in [9.17, 15) is 5.11 Å². The molecule has 144 valence electrons. The minimum Gasteiger partial charge on any atom is -0.497 e. The summed E-state index contributed by atoms with van der Waals surface area (Å²) in [5.41, 5.74) is 1.16. The zero-order chi connectivity index (χ0) is 20.0. The molecule has 0 aliphatic carbocycles. The zero-order valence-corrected chi connectivity index (χ0v) is 17.7. The molecule has 1 atom stereocenters. The first kappa shape index (κ1) is 18.2. The molecule has 3 aromatic carbocycles. The fourth-order valence-corrected chi connectivity index (χ4v) is 5.82. The number of ether oxygens (including phenoxy) is 1. The average molecular weight is 418 g/mol. The molecule has 0 saturated heterocycles. The Morgan fingerprint density at radius 1 is 0.966 bits per heavy atom. The first-order valence-corrected chi connectivity index (χ1v) is 11.1. The van der Waals surface area contributed by atoms with Crippen LogP contribution in [-0.4, -0.2) is 17.2 Å². The largest absolute Gasteiger partial charge is 0.497 e. The SMILES string of the molecule is COc1ccc2cc(C(C)c3sc(-c4scc5ccccc45)nc3O)ccc2c1. The predicted molar refractivity (Wildman–Crippen MR) is 123 cm³/mol. The van der Waals surface area contributed by atoms with E-state index >= 15 is 0 Å². The van der Waals surface area contributed by atoms with Gasteiger partial charge in [-0.1, -0.05) is 55.5 Å². The molecule has 3 nitrogen and oxygen atoms in total. The monoisotopic (exact) mass is 417 g/mol. The van der Waals surface area contributed by atoms with Crippen LogP contribution >= 0.6 is 22.7 Å². The summed E-state index contributed by atoms with van der Waals surface area (Å²) >= 11 is 3.25. The molecule has 5 aromatic rings. The summed E-state index contributed by atoms with van der Waals surface area (Å²) in [4.78, 5) is 6.51. The number of thiazole rings is 1. The van der Waals surface area contributed by atoms with Crippen LogP contribution in [0.15, 0.2) is 66.0 Å². The lowest BCUT2D eigenvalue weighted by molar-refractivity contribution is 0.415. The standard InChI is InChI=1S/C24H19NO2S2/c1-14(15-7-8-17-12-19(27-2)10-9-16(17)11-15)21-23(26)25-24(29-21)22-20-6-4-3-5-18(20)13-28-22/h3-14,26H,1-2H3. The molecule has 1 unspecified atom stereocenters. The highest BCUT2D eigenvalue weighted by molar-refractivity contribution is 7.22. The molecule has 5 rings (SSSR count). The summed E-state index contributed by atoms with van der Waals surface area (Å²) in [5, 5.41) is 18.3. The van der Waals surface area contributed by atoms with Crippen LogP contribution in [0.25, 0.3) is 31.4 Å². The molecule has 0 aliphatic heterocycles. The van der Waals surface area contributed by atoms with Crippen LogP contribution < -0.4 is 4.74 Å². The number of benzene rings is 3. The molecular weight excluding hydrogens is 398 g/mol. The lowest BCUT2D eigenvalue weighted by atomic mass is 9.96. The van der Waals surface area contributed by atoms with Crippen LogP contribution in [0.4, 0.5) is 0 Å². The van der Waals surface area contributed by atoms with E-state index in [4.69, 9.17) is 4.74 Å². The van der Waals surface area contributed by atoms with Crippen molar-refractivity contribution < 1.29 is 9.84 Å². The van der Waals surface area contributed by atoms with Gasteiger partial charge in [-0.05, 0) is 39.2 Å². The van der Waals surface area contributed by atoms with Gasteiger partial charge in [0.1, 0.15) is 10.8 Å². The lowest BCUT2D eigenvalue weighted by Crippen LogP contribution is -1.94. The van der Waals surface area contributed by atoms with E-state index in [-0.39, 0.29) is 11.8 Å². The van der Waals surface area contributed by atoms with Gasteiger partial charge >= 0.3 is 0 Å². The van der Waals surface area contributed by atoms with Gasteiger partial charge in [-0.15, -0.1) is 22.7 Å². The first-order valence-electron chi connectivity index (χ1n) is 9.38. The molecule has 0 bridgehead atoms. The smallest absolute Gasteiger partial charge is 0.226 e.